The maximum atomic E-state index is 12.4. The van der Waals surface area contributed by atoms with Gasteiger partial charge in [0.25, 0.3) is 0 Å². The van der Waals surface area contributed by atoms with E-state index in [1.807, 2.05) is 13.8 Å². The Morgan fingerprint density at radius 1 is 1.30 bits per heavy atom. The van der Waals surface area contributed by atoms with Crippen molar-refractivity contribution in [3.63, 3.8) is 0 Å². The van der Waals surface area contributed by atoms with Gasteiger partial charge in [0.1, 0.15) is 4.90 Å². The molecule has 1 aromatic carbocycles. The van der Waals surface area contributed by atoms with E-state index in [9.17, 15) is 8.42 Å². The topological polar surface area (TPSA) is 66.4 Å². The summed E-state index contributed by atoms with van der Waals surface area (Å²) in [5.74, 6) is 0.0323. The van der Waals surface area contributed by atoms with Crippen LogP contribution >= 0.6 is 39.1 Å². The molecular formula is C12H16BrCl2NO3S. The predicted molar refractivity (Wildman–Crippen MR) is 84.8 cm³/mol. The fourth-order valence-corrected chi connectivity index (χ4v) is 5.07. The molecule has 0 heterocycles. The Balaban J connectivity index is 3.17. The summed E-state index contributed by atoms with van der Waals surface area (Å²) in [6.07, 6.45) is 0.322. The zero-order chi connectivity index (χ0) is 15.5. The molecule has 0 aliphatic rings. The number of sulfonamides is 1. The van der Waals surface area contributed by atoms with E-state index in [0.717, 1.165) is 0 Å². The van der Waals surface area contributed by atoms with Crippen molar-refractivity contribution < 1.29 is 13.5 Å². The van der Waals surface area contributed by atoms with E-state index in [1.165, 1.54) is 12.1 Å². The molecule has 1 atom stereocenters. The number of hydrogen-bond donors (Lipinski definition) is 2. The summed E-state index contributed by atoms with van der Waals surface area (Å²) >= 11 is 15.1. The monoisotopic (exact) mass is 403 g/mol. The van der Waals surface area contributed by atoms with Crippen LogP contribution in [-0.2, 0) is 10.0 Å². The summed E-state index contributed by atoms with van der Waals surface area (Å²) in [4.78, 5) is -0.146. The Kier molecular flexibility index (Phi) is 6.76. The van der Waals surface area contributed by atoms with Crippen molar-refractivity contribution >= 4 is 49.2 Å². The standard InChI is InChI=1S/C12H16BrCl2NO3S/c1-7(2)11(3-4-17)16-20(18,19)12-9(14)5-8(13)6-10(12)15/h5-7,11,16-17H,3-4H2,1-2H3. The fourth-order valence-electron chi connectivity index (χ4n) is 1.71. The minimum atomic E-state index is -3.85. The van der Waals surface area contributed by atoms with E-state index in [1.54, 1.807) is 0 Å². The second-order valence-electron chi connectivity index (χ2n) is 4.68. The van der Waals surface area contributed by atoms with Crippen LogP contribution in [-0.4, -0.2) is 26.2 Å². The predicted octanol–water partition coefficient (Wildman–Crippen LogP) is 3.44. The molecule has 0 aromatic heterocycles. The van der Waals surface area contributed by atoms with Crippen molar-refractivity contribution in [2.45, 2.75) is 31.2 Å². The molecule has 0 spiro atoms. The lowest BCUT2D eigenvalue weighted by molar-refractivity contribution is 0.256. The third kappa shape index (κ3) is 4.58. The minimum Gasteiger partial charge on any atom is -0.396 e. The smallest absolute Gasteiger partial charge is 0.243 e. The maximum absolute atomic E-state index is 12.4. The molecular weight excluding hydrogens is 389 g/mol. The van der Waals surface area contributed by atoms with Gasteiger partial charge in [0, 0.05) is 17.1 Å². The molecule has 0 aliphatic carbocycles. The summed E-state index contributed by atoms with van der Waals surface area (Å²) < 4.78 is 27.9. The number of nitrogens with one attached hydrogen (secondary N) is 1. The van der Waals surface area contributed by atoms with Gasteiger partial charge in [-0.1, -0.05) is 53.0 Å². The van der Waals surface area contributed by atoms with Crippen LogP contribution in [0.5, 0.6) is 0 Å². The minimum absolute atomic E-state index is 0.0323. The highest BCUT2D eigenvalue weighted by Crippen LogP contribution is 2.33. The molecule has 1 rings (SSSR count). The second-order valence-corrected chi connectivity index (χ2v) is 8.06. The van der Waals surface area contributed by atoms with Crippen molar-refractivity contribution in [3.05, 3.63) is 26.7 Å². The first kappa shape index (κ1) is 18.2. The molecule has 20 heavy (non-hydrogen) atoms. The van der Waals surface area contributed by atoms with E-state index < -0.39 is 10.0 Å². The highest BCUT2D eigenvalue weighted by Gasteiger charge is 2.26. The van der Waals surface area contributed by atoms with E-state index in [0.29, 0.717) is 10.9 Å². The molecule has 8 heteroatoms. The Hall–Kier alpha value is 0.150. The zero-order valence-electron chi connectivity index (χ0n) is 11.0. The molecule has 0 amide bonds. The van der Waals surface area contributed by atoms with Crippen molar-refractivity contribution in [1.82, 2.24) is 4.72 Å². The molecule has 4 nitrogen and oxygen atoms in total. The van der Waals surface area contributed by atoms with Gasteiger partial charge in [-0.25, -0.2) is 13.1 Å². The lowest BCUT2D eigenvalue weighted by atomic mass is 10.0. The average Bonchev–Trinajstić information content (AvgIpc) is 2.25. The Morgan fingerprint density at radius 2 is 1.80 bits per heavy atom. The Morgan fingerprint density at radius 3 is 2.20 bits per heavy atom. The quantitative estimate of drug-likeness (QED) is 0.762. The van der Waals surface area contributed by atoms with E-state index in [-0.39, 0.29) is 33.5 Å². The van der Waals surface area contributed by atoms with Crippen LogP contribution in [0.15, 0.2) is 21.5 Å². The van der Waals surface area contributed by atoms with Crippen LogP contribution < -0.4 is 4.72 Å². The van der Waals surface area contributed by atoms with Crippen LogP contribution in [0.4, 0.5) is 0 Å². The molecule has 0 bridgehead atoms. The largest absolute Gasteiger partial charge is 0.396 e. The maximum Gasteiger partial charge on any atom is 0.243 e. The number of rotatable bonds is 6. The average molecular weight is 405 g/mol. The first-order chi connectivity index (χ1) is 9.19. The van der Waals surface area contributed by atoms with Crippen molar-refractivity contribution in [2.24, 2.45) is 5.92 Å². The molecule has 1 unspecified atom stereocenters. The van der Waals surface area contributed by atoms with Gasteiger partial charge >= 0.3 is 0 Å². The zero-order valence-corrected chi connectivity index (χ0v) is 14.9. The first-order valence-electron chi connectivity index (χ1n) is 5.96. The molecule has 1 aromatic rings. The number of halogens is 3. The van der Waals surface area contributed by atoms with Gasteiger partial charge in [0.05, 0.1) is 10.0 Å². The van der Waals surface area contributed by atoms with Crippen LogP contribution in [0.2, 0.25) is 10.0 Å². The van der Waals surface area contributed by atoms with Crippen molar-refractivity contribution in [3.8, 4) is 0 Å². The van der Waals surface area contributed by atoms with Gasteiger partial charge in [0.2, 0.25) is 10.0 Å². The van der Waals surface area contributed by atoms with E-state index in [2.05, 4.69) is 20.7 Å². The molecule has 2 N–H and O–H groups in total. The molecule has 0 aliphatic heterocycles. The Labute approximate surface area is 137 Å². The first-order valence-corrected chi connectivity index (χ1v) is 9.00. The van der Waals surface area contributed by atoms with Gasteiger partial charge in [-0.15, -0.1) is 0 Å². The molecule has 0 radical (unpaired) electrons. The fraction of sp³-hybridized carbons (Fsp3) is 0.500. The molecule has 0 saturated heterocycles. The summed E-state index contributed by atoms with van der Waals surface area (Å²) in [6.45, 7) is 3.63. The van der Waals surface area contributed by atoms with Crippen molar-refractivity contribution in [2.75, 3.05) is 6.61 Å². The second kappa shape index (κ2) is 7.42. The summed E-state index contributed by atoms with van der Waals surface area (Å²) in [5, 5.41) is 9.09. The SMILES string of the molecule is CC(C)C(CCO)NS(=O)(=O)c1c(Cl)cc(Br)cc1Cl. The summed E-state index contributed by atoms with van der Waals surface area (Å²) in [5.41, 5.74) is 0. The lowest BCUT2D eigenvalue weighted by Crippen LogP contribution is -2.39. The van der Waals surface area contributed by atoms with Crippen LogP contribution in [0.1, 0.15) is 20.3 Å². The molecule has 114 valence electrons. The van der Waals surface area contributed by atoms with Gasteiger partial charge < -0.3 is 5.11 Å². The van der Waals surface area contributed by atoms with Crippen LogP contribution in [0.3, 0.4) is 0 Å². The number of hydrogen-bond acceptors (Lipinski definition) is 3. The van der Waals surface area contributed by atoms with Crippen LogP contribution in [0.25, 0.3) is 0 Å². The summed E-state index contributed by atoms with van der Waals surface area (Å²) in [7, 11) is -3.85. The number of aliphatic hydroxyl groups is 1. The van der Waals surface area contributed by atoms with Gasteiger partial charge in [-0.2, -0.15) is 0 Å². The third-order valence-corrected chi connectivity index (χ3v) is 5.65. The van der Waals surface area contributed by atoms with Crippen LogP contribution in [0, 0.1) is 5.92 Å². The molecule has 0 saturated carbocycles. The highest BCUT2D eigenvalue weighted by atomic mass is 79.9. The summed E-state index contributed by atoms with van der Waals surface area (Å²) in [6, 6.07) is 2.55. The lowest BCUT2D eigenvalue weighted by Gasteiger charge is -2.22. The normalized spacial score (nSPS) is 13.8. The van der Waals surface area contributed by atoms with E-state index in [4.69, 9.17) is 28.3 Å². The van der Waals surface area contributed by atoms with E-state index >= 15 is 0 Å². The number of aliphatic hydroxyl groups excluding tert-OH is 1. The number of benzene rings is 1. The molecule has 0 fully saturated rings. The Bertz CT molecular complexity index is 555. The van der Waals surface area contributed by atoms with Gasteiger partial charge in [-0.3, -0.25) is 0 Å². The van der Waals surface area contributed by atoms with Crippen molar-refractivity contribution in [1.29, 1.82) is 0 Å². The van der Waals surface area contributed by atoms with Gasteiger partial charge in [0.15, 0.2) is 0 Å². The van der Waals surface area contributed by atoms with Gasteiger partial charge in [-0.05, 0) is 24.5 Å². The highest BCUT2D eigenvalue weighted by molar-refractivity contribution is 9.10. The third-order valence-electron chi connectivity index (χ3n) is 2.78.